The van der Waals surface area contributed by atoms with E-state index >= 15 is 0 Å². The molecule has 1 aliphatic rings. The summed E-state index contributed by atoms with van der Waals surface area (Å²) in [6.45, 7) is 3.72. The van der Waals surface area contributed by atoms with Crippen molar-refractivity contribution in [3.8, 4) is 5.88 Å². The lowest BCUT2D eigenvalue weighted by molar-refractivity contribution is 0.143. The topological polar surface area (TPSA) is 59.0 Å². The highest BCUT2D eigenvalue weighted by atomic mass is 127. The van der Waals surface area contributed by atoms with Crippen molar-refractivity contribution in [2.75, 3.05) is 40.5 Å². The van der Waals surface area contributed by atoms with Crippen LogP contribution in [0.1, 0.15) is 24.0 Å². The number of likely N-dealkylation sites (tertiary alicyclic amines) is 1. The minimum atomic E-state index is 0. The van der Waals surface area contributed by atoms with Crippen LogP contribution in [0.2, 0.25) is 0 Å². The maximum atomic E-state index is 5.73. The molecule has 0 atom stereocenters. The van der Waals surface area contributed by atoms with Crippen molar-refractivity contribution in [1.82, 2.24) is 15.2 Å². The number of benzene rings is 1. The molecule has 6 nitrogen and oxygen atoms in total. The van der Waals surface area contributed by atoms with Gasteiger partial charge in [0, 0.05) is 45.6 Å². The molecule has 164 valence electrons. The number of hydrogen-bond donors (Lipinski definition) is 1. The lowest BCUT2D eigenvalue weighted by Crippen LogP contribution is -2.45. The summed E-state index contributed by atoms with van der Waals surface area (Å²) in [6.07, 6.45) is 5.29. The molecule has 1 aromatic heterocycles. The molecule has 1 fully saturated rings. The van der Waals surface area contributed by atoms with Crippen LogP contribution >= 0.6 is 24.0 Å². The summed E-state index contributed by atoms with van der Waals surface area (Å²) in [7, 11) is 3.51. The van der Waals surface area contributed by atoms with E-state index in [1.165, 1.54) is 24.8 Å². The number of aliphatic imine (C=N–C) groups is 1. The van der Waals surface area contributed by atoms with Crippen LogP contribution in [0.4, 0.5) is 0 Å². The first-order chi connectivity index (χ1) is 14.3. The molecular formula is C23H33IN4O2. The maximum Gasteiger partial charge on any atom is 0.218 e. The van der Waals surface area contributed by atoms with Crippen LogP contribution < -0.4 is 10.1 Å². The van der Waals surface area contributed by atoms with Crippen LogP contribution in [0.5, 0.6) is 5.88 Å². The number of guanidine groups is 1. The minimum absolute atomic E-state index is 0. The summed E-state index contributed by atoms with van der Waals surface area (Å²) >= 11 is 0. The molecular weight excluding hydrogens is 491 g/mol. The van der Waals surface area contributed by atoms with E-state index in [-0.39, 0.29) is 24.0 Å². The number of methoxy groups -OCH3 is 1. The Morgan fingerprint density at radius 1 is 1.13 bits per heavy atom. The van der Waals surface area contributed by atoms with Gasteiger partial charge in [0.25, 0.3) is 0 Å². The Bertz CT molecular complexity index is 765. The number of piperidine rings is 1. The maximum absolute atomic E-state index is 5.73. The number of halogens is 1. The predicted octanol–water partition coefficient (Wildman–Crippen LogP) is 3.75. The first-order valence-electron chi connectivity index (χ1n) is 10.3. The van der Waals surface area contributed by atoms with Gasteiger partial charge in [-0.15, -0.1) is 24.0 Å². The lowest BCUT2D eigenvalue weighted by atomic mass is 9.90. The number of hydrogen-bond acceptors (Lipinski definition) is 4. The van der Waals surface area contributed by atoms with E-state index < -0.39 is 0 Å². The Morgan fingerprint density at radius 3 is 2.60 bits per heavy atom. The Hall–Kier alpha value is -1.87. The zero-order chi connectivity index (χ0) is 20.3. The smallest absolute Gasteiger partial charge is 0.218 e. The molecule has 1 N–H and O–H groups in total. The van der Waals surface area contributed by atoms with E-state index in [4.69, 9.17) is 9.47 Å². The van der Waals surface area contributed by atoms with Gasteiger partial charge in [0.05, 0.1) is 6.61 Å². The van der Waals surface area contributed by atoms with Gasteiger partial charge in [0.15, 0.2) is 5.96 Å². The molecule has 2 heterocycles. The highest BCUT2D eigenvalue weighted by Crippen LogP contribution is 2.22. The number of pyridine rings is 1. The summed E-state index contributed by atoms with van der Waals surface area (Å²) in [4.78, 5) is 11.2. The Balaban J connectivity index is 0.00000320. The molecule has 0 amide bonds. The molecule has 0 aliphatic carbocycles. The van der Waals surface area contributed by atoms with Crippen molar-refractivity contribution in [2.24, 2.45) is 10.9 Å². The molecule has 2 aromatic rings. The molecule has 7 heteroatoms. The summed E-state index contributed by atoms with van der Waals surface area (Å²) in [5, 5.41) is 3.48. The van der Waals surface area contributed by atoms with Gasteiger partial charge in [0.1, 0.15) is 6.61 Å². The standard InChI is InChI=1S/C23H32N4O2.HI/c1-24-23(26-18-21-9-6-12-25-22(21)29-16-15-28-2)27-13-10-20(11-14-27)17-19-7-4-3-5-8-19;/h3-9,12,20H,10-11,13-18H2,1-2H3,(H,24,26);1H. The van der Waals surface area contributed by atoms with Crippen molar-refractivity contribution >= 4 is 29.9 Å². The molecule has 1 aromatic carbocycles. The van der Waals surface area contributed by atoms with Crippen LogP contribution in [0.15, 0.2) is 53.7 Å². The van der Waals surface area contributed by atoms with Crippen LogP contribution in [0, 0.1) is 5.92 Å². The molecule has 3 rings (SSSR count). The average Bonchev–Trinajstić information content (AvgIpc) is 2.77. The summed E-state index contributed by atoms with van der Waals surface area (Å²) in [5.41, 5.74) is 2.45. The van der Waals surface area contributed by atoms with E-state index in [0.717, 1.165) is 30.5 Å². The van der Waals surface area contributed by atoms with Crippen LogP contribution in [0.25, 0.3) is 0 Å². The molecule has 30 heavy (non-hydrogen) atoms. The largest absolute Gasteiger partial charge is 0.475 e. The van der Waals surface area contributed by atoms with E-state index in [1.807, 2.05) is 19.2 Å². The van der Waals surface area contributed by atoms with E-state index in [0.29, 0.717) is 25.6 Å². The SMILES string of the molecule is CN=C(NCc1cccnc1OCCOC)N1CCC(Cc2ccccc2)CC1.I. The monoisotopic (exact) mass is 524 g/mol. The van der Waals surface area contributed by atoms with Gasteiger partial charge in [-0.3, -0.25) is 4.99 Å². The van der Waals surface area contributed by atoms with Crippen molar-refractivity contribution in [2.45, 2.75) is 25.8 Å². The second kappa shape index (κ2) is 13.4. The van der Waals surface area contributed by atoms with Gasteiger partial charge in [-0.1, -0.05) is 36.4 Å². The van der Waals surface area contributed by atoms with Gasteiger partial charge < -0.3 is 19.7 Å². The Kier molecular flexibility index (Phi) is 10.9. The first-order valence-corrected chi connectivity index (χ1v) is 10.3. The third-order valence-electron chi connectivity index (χ3n) is 5.31. The highest BCUT2D eigenvalue weighted by Gasteiger charge is 2.21. The molecule has 1 aliphatic heterocycles. The molecule has 1 saturated heterocycles. The first kappa shape index (κ1) is 24.4. The number of ether oxygens (including phenoxy) is 2. The van der Waals surface area contributed by atoms with Crippen LogP contribution in [-0.4, -0.2) is 56.3 Å². The van der Waals surface area contributed by atoms with Crippen LogP contribution in [-0.2, 0) is 17.7 Å². The summed E-state index contributed by atoms with van der Waals surface area (Å²) in [5.74, 6) is 2.33. The normalized spacial score (nSPS) is 14.9. The van der Waals surface area contributed by atoms with Crippen molar-refractivity contribution < 1.29 is 9.47 Å². The fourth-order valence-corrected chi connectivity index (χ4v) is 3.71. The van der Waals surface area contributed by atoms with Crippen molar-refractivity contribution in [3.05, 3.63) is 59.8 Å². The lowest BCUT2D eigenvalue weighted by Gasteiger charge is -2.34. The van der Waals surface area contributed by atoms with Gasteiger partial charge in [-0.05, 0) is 36.8 Å². The van der Waals surface area contributed by atoms with Gasteiger partial charge in [0.2, 0.25) is 5.88 Å². The van der Waals surface area contributed by atoms with Gasteiger partial charge in [-0.2, -0.15) is 0 Å². The molecule has 0 saturated carbocycles. The minimum Gasteiger partial charge on any atom is -0.475 e. The van der Waals surface area contributed by atoms with Crippen molar-refractivity contribution in [3.63, 3.8) is 0 Å². The molecule has 0 spiro atoms. The summed E-state index contributed by atoms with van der Waals surface area (Å²) in [6, 6.07) is 14.8. The number of aromatic nitrogens is 1. The van der Waals surface area contributed by atoms with Gasteiger partial charge >= 0.3 is 0 Å². The summed E-state index contributed by atoms with van der Waals surface area (Å²) < 4.78 is 10.8. The third kappa shape index (κ3) is 7.43. The number of rotatable bonds is 8. The number of nitrogens with one attached hydrogen (secondary N) is 1. The molecule has 0 bridgehead atoms. The van der Waals surface area contributed by atoms with Gasteiger partial charge in [-0.25, -0.2) is 4.98 Å². The van der Waals surface area contributed by atoms with E-state index in [9.17, 15) is 0 Å². The zero-order valence-electron chi connectivity index (χ0n) is 17.9. The Morgan fingerprint density at radius 2 is 1.90 bits per heavy atom. The van der Waals surface area contributed by atoms with E-state index in [1.54, 1.807) is 13.3 Å². The number of nitrogens with zero attached hydrogens (tertiary/aromatic N) is 3. The Labute approximate surface area is 197 Å². The third-order valence-corrected chi connectivity index (χ3v) is 5.31. The van der Waals surface area contributed by atoms with Crippen LogP contribution in [0.3, 0.4) is 0 Å². The predicted molar refractivity (Wildman–Crippen MR) is 132 cm³/mol. The highest BCUT2D eigenvalue weighted by molar-refractivity contribution is 14.0. The fraction of sp³-hybridized carbons (Fsp3) is 0.478. The quantitative estimate of drug-likeness (QED) is 0.247. The van der Waals surface area contributed by atoms with E-state index in [2.05, 4.69) is 50.5 Å². The van der Waals surface area contributed by atoms with Crippen molar-refractivity contribution in [1.29, 1.82) is 0 Å². The average molecular weight is 524 g/mol. The fourth-order valence-electron chi connectivity index (χ4n) is 3.71. The second-order valence-corrected chi connectivity index (χ2v) is 7.33. The molecule has 0 unspecified atom stereocenters. The molecule has 0 radical (unpaired) electrons. The second-order valence-electron chi connectivity index (χ2n) is 7.33. The zero-order valence-corrected chi connectivity index (χ0v) is 20.2.